The predicted molar refractivity (Wildman–Crippen MR) is 97.9 cm³/mol. The summed E-state index contributed by atoms with van der Waals surface area (Å²) in [7, 11) is 1.66. The van der Waals surface area contributed by atoms with Crippen LogP contribution in [0.15, 0.2) is 30.3 Å². The highest BCUT2D eigenvalue weighted by Crippen LogP contribution is 2.24. The van der Waals surface area contributed by atoms with Gasteiger partial charge in [0.05, 0.1) is 13.7 Å². The molecule has 24 heavy (non-hydrogen) atoms. The molecule has 4 nitrogen and oxygen atoms in total. The molecule has 2 rings (SSSR count). The maximum atomic E-state index is 12.6. The van der Waals surface area contributed by atoms with Gasteiger partial charge in [0, 0.05) is 34.6 Å². The average Bonchev–Trinajstić information content (AvgIpc) is 2.82. The van der Waals surface area contributed by atoms with Crippen molar-refractivity contribution in [3.63, 3.8) is 0 Å². The van der Waals surface area contributed by atoms with Gasteiger partial charge in [-0.2, -0.15) is 0 Å². The number of rotatable bonds is 6. The van der Waals surface area contributed by atoms with Gasteiger partial charge in [0.15, 0.2) is 5.78 Å². The first kappa shape index (κ1) is 18.3. The van der Waals surface area contributed by atoms with Gasteiger partial charge in [-0.1, -0.05) is 18.2 Å². The van der Waals surface area contributed by atoms with E-state index >= 15 is 0 Å². The molecule has 0 fully saturated rings. The first-order valence-electron chi connectivity index (χ1n) is 8.31. The van der Waals surface area contributed by atoms with E-state index in [1.807, 2.05) is 37.3 Å². The molecule has 0 amide bonds. The Kier molecular flexibility index (Phi) is 5.50. The van der Waals surface area contributed by atoms with E-state index in [-0.39, 0.29) is 11.3 Å². The third-order valence-electron chi connectivity index (χ3n) is 4.20. The van der Waals surface area contributed by atoms with Crippen LogP contribution in [0.4, 0.5) is 0 Å². The number of hydrogen-bond donors (Lipinski definition) is 1. The normalized spacial score (nSPS) is 11.6. The summed E-state index contributed by atoms with van der Waals surface area (Å²) in [6.07, 6.45) is 0. The third-order valence-corrected chi connectivity index (χ3v) is 4.20. The number of ketones is 1. The average molecular weight is 328 g/mol. The Balaban J connectivity index is 2.06. The van der Waals surface area contributed by atoms with Gasteiger partial charge in [-0.05, 0) is 46.8 Å². The van der Waals surface area contributed by atoms with Crippen LogP contribution in [-0.2, 0) is 12.1 Å². The topological polar surface area (TPSA) is 43.3 Å². The molecule has 0 spiro atoms. The SMILES string of the molecule is COc1ccccc1CNCC(=O)c1cc(C)n(C(C)(C)C)c1C. The summed E-state index contributed by atoms with van der Waals surface area (Å²) >= 11 is 0. The van der Waals surface area contributed by atoms with Crippen molar-refractivity contribution in [3.05, 3.63) is 52.8 Å². The first-order valence-corrected chi connectivity index (χ1v) is 8.31. The number of benzene rings is 1. The van der Waals surface area contributed by atoms with Gasteiger partial charge in [0.1, 0.15) is 5.75 Å². The Bertz CT molecular complexity index is 724. The van der Waals surface area contributed by atoms with Crippen LogP contribution in [0, 0.1) is 13.8 Å². The summed E-state index contributed by atoms with van der Waals surface area (Å²) in [5, 5.41) is 3.23. The predicted octanol–water partition coefficient (Wildman–Crippen LogP) is 3.84. The van der Waals surface area contributed by atoms with Crippen molar-refractivity contribution in [2.75, 3.05) is 13.7 Å². The largest absolute Gasteiger partial charge is 0.496 e. The standard InChI is InChI=1S/C20H28N2O2/c1-14-11-17(15(2)22(14)20(3,4)5)18(23)13-21-12-16-9-7-8-10-19(16)24-6/h7-11,21H,12-13H2,1-6H3. The van der Waals surface area contributed by atoms with E-state index in [2.05, 4.69) is 37.6 Å². The Morgan fingerprint density at radius 3 is 2.46 bits per heavy atom. The molecule has 0 aliphatic rings. The fourth-order valence-electron chi connectivity index (χ4n) is 3.33. The molecule has 0 bridgehead atoms. The number of aryl methyl sites for hydroxylation is 1. The molecule has 1 heterocycles. The number of ether oxygens (including phenoxy) is 1. The second kappa shape index (κ2) is 7.22. The van der Waals surface area contributed by atoms with Crippen LogP contribution in [0.25, 0.3) is 0 Å². The molecule has 4 heteroatoms. The number of aromatic nitrogens is 1. The van der Waals surface area contributed by atoms with Crippen LogP contribution in [0.3, 0.4) is 0 Å². The van der Waals surface area contributed by atoms with E-state index in [1.165, 1.54) is 0 Å². The molecule has 0 aliphatic heterocycles. The zero-order chi connectivity index (χ0) is 17.9. The Hall–Kier alpha value is -2.07. The van der Waals surface area contributed by atoms with Crippen LogP contribution in [0.5, 0.6) is 5.75 Å². The van der Waals surface area contributed by atoms with Crippen molar-refractivity contribution in [2.45, 2.75) is 46.7 Å². The number of carbonyl (C=O) groups is 1. The lowest BCUT2D eigenvalue weighted by molar-refractivity contribution is 0.0990. The van der Waals surface area contributed by atoms with Crippen LogP contribution in [-0.4, -0.2) is 24.0 Å². The lowest BCUT2D eigenvalue weighted by Gasteiger charge is -2.25. The van der Waals surface area contributed by atoms with Gasteiger partial charge >= 0.3 is 0 Å². The van der Waals surface area contributed by atoms with Crippen LogP contribution >= 0.6 is 0 Å². The van der Waals surface area contributed by atoms with Crippen LogP contribution < -0.4 is 10.1 Å². The minimum Gasteiger partial charge on any atom is -0.496 e. The molecule has 0 radical (unpaired) electrons. The van der Waals surface area contributed by atoms with Gasteiger partial charge in [-0.3, -0.25) is 4.79 Å². The van der Waals surface area contributed by atoms with E-state index in [4.69, 9.17) is 4.74 Å². The molecule has 0 saturated heterocycles. The molecule has 130 valence electrons. The van der Waals surface area contributed by atoms with Crippen LogP contribution in [0.2, 0.25) is 0 Å². The van der Waals surface area contributed by atoms with E-state index in [9.17, 15) is 4.79 Å². The van der Waals surface area contributed by atoms with Gasteiger partial charge < -0.3 is 14.6 Å². The van der Waals surface area contributed by atoms with Crippen molar-refractivity contribution in [1.29, 1.82) is 0 Å². The smallest absolute Gasteiger partial charge is 0.178 e. The summed E-state index contributed by atoms with van der Waals surface area (Å²) in [6.45, 7) is 11.5. The molecule has 0 saturated carbocycles. The number of carbonyl (C=O) groups excluding carboxylic acids is 1. The van der Waals surface area contributed by atoms with E-state index < -0.39 is 0 Å². The highest BCUT2D eigenvalue weighted by molar-refractivity contribution is 5.99. The fraction of sp³-hybridized carbons (Fsp3) is 0.450. The van der Waals surface area contributed by atoms with E-state index in [0.29, 0.717) is 13.1 Å². The van der Waals surface area contributed by atoms with Gasteiger partial charge in [0.2, 0.25) is 0 Å². The lowest BCUT2D eigenvalue weighted by Crippen LogP contribution is -2.26. The molecule has 0 unspecified atom stereocenters. The quantitative estimate of drug-likeness (QED) is 0.819. The lowest BCUT2D eigenvalue weighted by atomic mass is 10.1. The highest BCUT2D eigenvalue weighted by Gasteiger charge is 2.22. The molecule has 1 aromatic carbocycles. The monoisotopic (exact) mass is 328 g/mol. The second-order valence-corrected chi connectivity index (χ2v) is 7.13. The summed E-state index contributed by atoms with van der Waals surface area (Å²) < 4.78 is 7.56. The van der Waals surface area contributed by atoms with Gasteiger partial charge in [0.25, 0.3) is 0 Å². The maximum absolute atomic E-state index is 12.6. The molecule has 2 aromatic rings. The molecular weight excluding hydrogens is 300 g/mol. The number of para-hydroxylation sites is 1. The molecule has 0 atom stereocenters. The minimum atomic E-state index is -0.0302. The van der Waals surface area contributed by atoms with Crippen LogP contribution in [0.1, 0.15) is 48.1 Å². The highest BCUT2D eigenvalue weighted by atomic mass is 16.5. The van der Waals surface area contributed by atoms with E-state index in [1.54, 1.807) is 7.11 Å². The Morgan fingerprint density at radius 1 is 1.21 bits per heavy atom. The van der Waals surface area contributed by atoms with Gasteiger partial charge in [-0.25, -0.2) is 0 Å². The maximum Gasteiger partial charge on any atom is 0.178 e. The summed E-state index contributed by atoms with van der Waals surface area (Å²) in [4.78, 5) is 12.6. The van der Waals surface area contributed by atoms with Gasteiger partial charge in [-0.15, -0.1) is 0 Å². The van der Waals surface area contributed by atoms with Crippen molar-refractivity contribution in [3.8, 4) is 5.75 Å². The Morgan fingerprint density at radius 2 is 1.88 bits per heavy atom. The molecule has 1 aromatic heterocycles. The summed E-state index contributed by atoms with van der Waals surface area (Å²) in [6, 6.07) is 9.83. The molecular formula is C20H28N2O2. The fourth-order valence-corrected chi connectivity index (χ4v) is 3.33. The van der Waals surface area contributed by atoms with Crippen molar-refractivity contribution >= 4 is 5.78 Å². The summed E-state index contributed by atoms with van der Waals surface area (Å²) in [5.74, 6) is 0.955. The summed E-state index contributed by atoms with van der Waals surface area (Å²) in [5.41, 5.74) is 3.97. The molecule has 0 aliphatic carbocycles. The zero-order valence-electron chi connectivity index (χ0n) is 15.6. The third kappa shape index (κ3) is 3.88. The zero-order valence-corrected chi connectivity index (χ0v) is 15.6. The first-order chi connectivity index (χ1) is 11.3. The van der Waals surface area contributed by atoms with Crippen molar-refractivity contribution in [1.82, 2.24) is 9.88 Å². The molecule has 1 N–H and O–H groups in total. The number of Topliss-reactive ketones (excluding diaryl/α,β-unsaturated/α-hetero) is 1. The minimum absolute atomic E-state index is 0.0302. The number of methoxy groups -OCH3 is 1. The van der Waals surface area contributed by atoms with Crippen molar-refractivity contribution < 1.29 is 9.53 Å². The number of hydrogen-bond acceptors (Lipinski definition) is 3. The number of nitrogens with zero attached hydrogens (tertiary/aromatic N) is 1. The number of nitrogens with one attached hydrogen (secondary N) is 1. The Labute approximate surface area is 144 Å². The second-order valence-electron chi connectivity index (χ2n) is 7.13. The van der Waals surface area contributed by atoms with Crippen molar-refractivity contribution in [2.24, 2.45) is 0 Å². The van der Waals surface area contributed by atoms with E-state index in [0.717, 1.165) is 28.3 Å².